The number of rotatable bonds is 1. The summed E-state index contributed by atoms with van der Waals surface area (Å²) >= 11 is 0. The molecule has 2 aromatic rings. The van der Waals surface area contributed by atoms with Crippen LogP contribution in [0.1, 0.15) is 47.7 Å². The van der Waals surface area contributed by atoms with Crippen LogP contribution in [0.25, 0.3) is 0 Å². The maximum Gasteiger partial charge on any atom is 0.312 e. The summed E-state index contributed by atoms with van der Waals surface area (Å²) in [6, 6.07) is 10.0. The van der Waals surface area contributed by atoms with E-state index in [-0.39, 0.29) is 29.8 Å². The highest BCUT2D eigenvalue weighted by Crippen LogP contribution is 2.49. The minimum absolute atomic E-state index is 0.118. The molecule has 5 heteroatoms. The van der Waals surface area contributed by atoms with E-state index in [2.05, 4.69) is 0 Å². The molecule has 2 aromatic carbocycles. The fourth-order valence-corrected chi connectivity index (χ4v) is 3.35. The molecule has 5 nitrogen and oxygen atoms in total. The summed E-state index contributed by atoms with van der Waals surface area (Å²) in [6.07, 6.45) is 0.120. The second-order valence-electron chi connectivity index (χ2n) is 6.44. The number of hydrogen-bond acceptors (Lipinski definition) is 5. The van der Waals surface area contributed by atoms with Crippen molar-refractivity contribution in [3.05, 3.63) is 64.4 Å². The van der Waals surface area contributed by atoms with Crippen molar-refractivity contribution in [1.82, 2.24) is 0 Å². The molecule has 0 fully saturated rings. The highest BCUT2D eigenvalue weighted by Gasteiger charge is 2.38. The summed E-state index contributed by atoms with van der Waals surface area (Å²) in [4.78, 5) is 24.6. The van der Waals surface area contributed by atoms with Gasteiger partial charge >= 0.3 is 5.97 Å². The van der Waals surface area contributed by atoms with Gasteiger partial charge in [-0.15, -0.1) is 0 Å². The summed E-state index contributed by atoms with van der Waals surface area (Å²) in [5.41, 5.74) is 2.70. The molecule has 0 radical (unpaired) electrons. The number of aromatic hydroxyl groups is 1. The zero-order valence-electron chi connectivity index (χ0n) is 13.8. The first-order valence-corrected chi connectivity index (χ1v) is 8.02. The first kappa shape index (κ1) is 15.4. The van der Waals surface area contributed by atoms with Gasteiger partial charge in [0.1, 0.15) is 17.2 Å². The van der Waals surface area contributed by atoms with Crippen LogP contribution in [-0.2, 0) is 4.79 Å². The molecule has 2 heterocycles. The zero-order valence-corrected chi connectivity index (χ0v) is 13.8. The fourth-order valence-electron chi connectivity index (χ4n) is 3.35. The van der Waals surface area contributed by atoms with Gasteiger partial charge in [-0.1, -0.05) is 12.1 Å². The highest BCUT2D eigenvalue weighted by atomic mass is 16.5. The van der Waals surface area contributed by atoms with Gasteiger partial charge in [-0.25, -0.2) is 0 Å². The third-order valence-electron chi connectivity index (χ3n) is 4.48. The first-order chi connectivity index (χ1) is 12.0. The lowest BCUT2D eigenvalue weighted by molar-refractivity contribution is -0.135. The van der Waals surface area contributed by atoms with E-state index < -0.39 is 0 Å². The van der Waals surface area contributed by atoms with Gasteiger partial charge in [0, 0.05) is 11.5 Å². The molecule has 25 heavy (non-hydrogen) atoms. The smallest absolute Gasteiger partial charge is 0.312 e. The normalized spacial score (nSPS) is 18.3. The summed E-state index contributed by atoms with van der Waals surface area (Å²) in [7, 11) is 0. The summed E-state index contributed by atoms with van der Waals surface area (Å²) in [5, 5.41) is 9.80. The topological polar surface area (TPSA) is 72.8 Å². The van der Waals surface area contributed by atoms with Crippen LogP contribution >= 0.6 is 0 Å². The minimum atomic E-state index is -0.354. The molecule has 0 saturated heterocycles. The van der Waals surface area contributed by atoms with Crippen molar-refractivity contribution in [2.75, 3.05) is 0 Å². The molecule has 4 rings (SSSR count). The summed E-state index contributed by atoms with van der Waals surface area (Å²) in [5.74, 6) is 0.410. The van der Waals surface area contributed by atoms with E-state index in [1.807, 2.05) is 19.9 Å². The van der Waals surface area contributed by atoms with Gasteiger partial charge < -0.3 is 14.6 Å². The summed E-state index contributed by atoms with van der Waals surface area (Å²) < 4.78 is 11.2. The Balaban J connectivity index is 1.93. The van der Waals surface area contributed by atoms with Crippen LogP contribution in [0.2, 0.25) is 0 Å². The van der Waals surface area contributed by atoms with Gasteiger partial charge in [0.25, 0.3) is 0 Å². The molecule has 0 aromatic heterocycles. The SMILES string of the molecule is CC(C)=C1Oc2c(ccc3c2C(c2cccc(O)c2)CC(=O)O3)C1=O. The van der Waals surface area contributed by atoms with E-state index in [0.717, 1.165) is 11.1 Å². The highest BCUT2D eigenvalue weighted by molar-refractivity contribution is 6.13. The zero-order chi connectivity index (χ0) is 17.7. The van der Waals surface area contributed by atoms with Crippen molar-refractivity contribution in [1.29, 1.82) is 0 Å². The largest absolute Gasteiger partial charge is 0.508 e. The van der Waals surface area contributed by atoms with Crippen LogP contribution < -0.4 is 9.47 Å². The number of benzene rings is 2. The predicted molar refractivity (Wildman–Crippen MR) is 90.0 cm³/mol. The molecule has 0 saturated carbocycles. The van der Waals surface area contributed by atoms with Crippen molar-refractivity contribution >= 4 is 11.8 Å². The predicted octanol–water partition coefficient (Wildman–Crippen LogP) is 3.70. The number of esters is 1. The van der Waals surface area contributed by atoms with Gasteiger partial charge in [-0.3, -0.25) is 9.59 Å². The van der Waals surface area contributed by atoms with Crippen molar-refractivity contribution in [3.63, 3.8) is 0 Å². The molecule has 0 aliphatic carbocycles. The Morgan fingerprint density at radius 3 is 2.64 bits per heavy atom. The molecule has 1 atom stereocenters. The molecular formula is C20H16O5. The number of carbonyl (C=O) groups excluding carboxylic acids is 2. The molecular weight excluding hydrogens is 320 g/mol. The Hall–Kier alpha value is -3.08. The maximum absolute atomic E-state index is 12.6. The Kier molecular flexibility index (Phi) is 3.39. The lowest BCUT2D eigenvalue weighted by Gasteiger charge is -2.26. The Bertz CT molecular complexity index is 951. The quantitative estimate of drug-likeness (QED) is 0.488. The van der Waals surface area contributed by atoms with E-state index in [9.17, 15) is 14.7 Å². The van der Waals surface area contributed by atoms with Crippen LogP contribution in [0.15, 0.2) is 47.7 Å². The molecule has 2 aliphatic rings. The van der Waals surface area contributed by atoms with Gasteiger partial charge in [0.2, 0.25) is 5.78 Å². The lowest BCUT2D eigenvalue weighted by Crippen LogP contribution is -2.21. The van der Waals surface area contributed by atoms with Gasteiger partial charge in [-0.2, -0.15) is 0 Å². The van der Waals surface area contributed by atoms with Crippen molar-refractivity contribution < 1.29 is 24.2 Å². The van der Waals surface area contributed by atoms with Crippen LogP contribution in [-0.4, -0.2) is 16.9 Å². The molecule has 0 amide bonds. The number of phenolic OH excluding ortho intramolecular Hbond substituents is 1. The molecule has 2 aliphatic heterocycles. The molecule has 126 valence electrons. The van der Waals surface area contributed by atoms with Crippen LogP contribution in [0.4, 0.5) is 0 Å². The number of fused-ring (bicyclic) bond motifs is 3. The number of Topliss-reactive ketones (excluding diaryl/α,β-unsaturated/α-hetero) is 1. The van der Waals surface area contributed by atoms with Gasteiger partial charge in [0.15, 0.2) is 5.76 Å². The van der Waals surface area contributed by atoms with Crippen molar-refractivity contribution in [2.45, 2.75) is 26.2 Å². The molecule has 0 spiro atoms. The van der Waals surface area contributed by atoms with Crippen LogP contribution in [0, 0.1) is 0 Å². The van der Waals surface area contributed by atoms with E-state index in [1.54, 1.807) is 30.3 Å². The monoisotopic (exact) mass is 336 g/mol. The average molecular weight is 336 g/mol. The number of carbonyl (C=O) groups is 2. The first-order valence-electron chi connectivity index (χ1n) is 8.02. The standard InChI is InChI=1S/C20H16O5/c1-10(2)19-18(23)13-6-7-15-17(20(13)25-19)14(9-16(22)24-15)11-4-3-5-12(21)8-11/h3-8,14,21H,9H2,1-2H3. The number of ether oxygens (including phenoxy) is 2. The van der Waals surface area contributed by atoms with Crippen molar-refractivity contribution in [2.24, 2.45) is 0 Å². The molecule has 0 bridgehead atoms. The number of hydrogen-bond donors (Lipinski definition) is 1. The van der Waals surface area contributed by atoms with E-state index in [1.165, 1.54) is 0 Å². The van der Waals surface area contributed by atoms with Crippen molar-refractivity contribution in [3.8, 4) is 17.2 Å². The second-order valence-corrected chi connectivity index (χ2v) is 6.44. The molecule has 1 unspecified atom stereocenters. The fraction of sp³-hybridized carbons (Fsp3) is 0.200. The molecule has 1 N–H and O–H groups in total. The number of phenols is 1. The number of allylic oxidation sites excluding steroid dienone is 2. The van der Waals surface area contributed by atoms with Crippen LogP contribution in [0.5, 0.6) is 17.2 Å². The third-order valence-corrected chi connectivity index (χ3v) is 4.48. The maximum atomic E-state index is 12.6. The Morgan fingerprint density at radius 2 is 1.92 bits per heavy atom. The minimum Gasteiger partial charge on any atom is -0.508 e. The van der Waals surface area contributed by atoms with E-state index in [4.69, 9.17) is 9.47 Å². The lowest BCUT2D eigenvalue weighted by atomic mass is 9.84. The Morgan fingerprint density at radius 1 is 1.12 bits per heavy atom. The van der Waals surface area contributed by atoms with E-state index in [0.29, 0.717) is 28.4 Å². The van der Waals surface area contributed by atoms with Gasteiger partial charge in [-0.05, 0) is 49.2 Å². The van der Waals surface area contributed by atoms with Crippen LogP contribution in [0.3, 0.4) is 0 Å². The average Bonchev–Trinajstić information content (AvgIpc) is 2.91. The second kappa shape index (κ2) is 5.48. The number of ketones is 1. The Labute approximate surface area is 144 Å². The van der Waals surface area contributed by atoms with E-state index >= 15 is 0 Å². The summed E-state index contributed by atoms with van der Waals surface area (Å²) in [6.45, 7) is 3.64. The third kappa shape index (κ3) is 2.39. The van der Waals surface area contributed by atoms with Gasteiger partial charge in [0.05, 0.1) is 12.0 Å².